The van der Waals surface area contributed by atoms with E-state index in [0.717, 1.165) is 34.1 Å². The number of para-hydroxylation sites is 2. The van der Waals surface area contributed by atoms with Gasteiger partial charge in [0.1, 0.15) is 0 Å². The average molecular weight is 946 g/mol. The van der Waals surface area contributed by atoms with Crippen LogP contribution in [-0.2, 0) is 5.41 Å². The standard InChI is InChI=1S/C70H52BN3/c1-47-43-52(49-23-11-5-12-24-49)36-42-63(47)73-65-45-57(72(54-27-15-7-16-28-54)55-29-17-8-18-30-55)39-41-62(65)71-69-66(73)46-61-67(58-31-19-20-32-60(58)70(61,2)3)68(69)59-40-35-53(50-25-13-6-14-26-50)44-64(59)74(71)56-37-33-51(34-38-56)48-21-9-4-10-22-48/h4-46H,1-3H3. The lowest BCUT2D eigenvalue weighted by Crippen LogP contribution is -2.61. The molecule has 0 aromatic heterocycles. The van der Waals surface area contributed by atoms with Gasteiger partial charge in [-0.3, -0.25) is 0 Å². The maximum Gasteiger partial charge on any atom is 0.333 e. The number of aryl methyl sites for hydroxylation is 1. The Bertz CT molecular complexity index is 3890. The Balaban J connectivity index is 1.10. The second-order valence-corrected chi connectivity index (χ2v) is 20.5. The molecule has 0 bridgehead atoms. The van der Waals surface area contributed by atoms with Crippen molar-refractivity contribution in [1.29, 1.82) is 0 Å². The van der Waals surface area contributed by atoms with Crippen LogP contribution in [0.2, 0.25) is 0 Å². The predicted molar refractivity (Wildman–Crippen MR) is 313 cm³/mol. The van der Waals surface area contributed by atoms with E-state index in [1.54, 1.807) is 0 Å². The van der Waals surface area contributed by atoms with Crippen LogP contribution in [-0.4, -0.2) is 6.85 Å². The first kappa shape index (κ1) is 43.7. The van der Waals surface area contributed by atoms with Gasteiger partial charge in [0.05, 0.1) is 0 Å². The Hall–Kier alpha value is -9.12. The quantitative estimate of drug-likeness (QED) is 0.141. The predicted octanol–water partition coefficient (Wildman–Crippen LogP) is 17.5. The van der Waals surface area contributed by atoms with Crippen LogP contribution in [0.3, 0.4) is 0 Å². The van der Waals surface area contributed by atoms with Gasteiger partial charge < -0.3 is 14.6 Å². The molecule has 2 heterocycles. The highest BCUT2D eigenvalue weighted by atomic mass is 15.2. The fourth-order valence-corrected chi connectivity index (χ4v) is 12.4. The van der Waals surface area contributed by atoms with Gasteiger partial charge in [-0.05, 0) is 157 Å². The number of hydrogen-bond donors (Lipinski definition) is 0. The second kappa shape index (κ2) is 17.3. The van der Waals surface area contributed by atoms with Crippen LogP contribution in [0.25, 0.3) is 55.6 Å². The Morgan fingerprint density at radius 1 is 0.365 bits per heavy atom. The monoisotopic (exact) mass is 945 g/mol. The largest absolute Gasteiger partial charge is 0.376 e. The van der Waals surface area contributed by atoms with Gasteiger partial charge in [0.15, 0.2) is 0 Å². The number of hydrogen-bond acceptors (Lipinski definition) is 3. The van der Waals surface area contributed by atoms with E-state index >= 15 is 0 Å². The summed E-state index contributed by atoms with van der Waals surface area (Å²) in [6, 6.07) is 96.5. The number of nitrogens with zero attached hydrogens (tertiary/aromatic N) is 3. The zero-order valence-corrected chi connectivity index (χ0v) is 41.7. The molecular formula is C70H52BN3. The van der Waals surface area contributed by atoms with Crippen LogP contribution < -0.4 is 25.5 Å². The molecule has 1 aliphatic carbocycles. The van der Waals surface area contributed by atoms with E-state index in [0.29, 0.717) is 0 Å². The molecule has 0 saturated heterocycles. The summed E-state index contributed by atoms with van der Waals surface area (Å²) in [6.45, 7) is 6.94. The summed E-state index contributed by atoms with van der Waals surface area (Å²) in [7, 11) is 0. The summed E-state index contributed by atoms with van der Waals surface area (Å²) in [6.07, 6.45) is 0. The number of fused-ring (bicyclic) bond motifs is 8. The van der Waals surface area contributed by atoms with Crippen LogP contribution in [0.1, 0.15) is 30.5 Å². The van der Waals surface area contributed by atoms with E-state index in [2.05, 4.69) is 296 Å². The maximum absolute atomic E-state index is 2.66. The summed E-state index contributed by atoms with van der Waals surface area (Å²) < 4.78 is 0. The summed E-state index contributed by atoms with van der Waals surface area (Å²) in [5.74, 6) is 0. The Morgan fingerprint density at radius 2 is 0.892 bits per heavy atom. The van der Waals surface area contributed by atoms with Crippen molar-refractivity contribution < 1.29 is 0 Å². The van der Waals surface area contributed by atoms with Crippen molar-refractivity contribution in [3.8, 4) is 55.6 Å². The van der Waals surface area contributed by atoms with Crippen molar-refractivity contribution >= 4 is 63.3 Å². The SMILES string of the molecule is Cc1cc(-c2ccccc2)ccc1N1c2cc(N(c3ccccc3)c3ccccc3)ccc2B2c3c1cc1c(c3-c3ccc(-c4ccccc4)cc3N2c2ccc(-c3ccccc3)cc2)-c2ccccc2C1(C)C. The van der Waals surface area contributed by atoms with E-state index in [-0.39, 0.29) is 12.3 Å². The molecule has 11 aromatic rings. The summed E-state index contributed by atoms with van der Waals surface area (Å²) in [5.41, 5.74) is 27.8. The molecule has 0 radical (unpaired) electrons. The Morgan fingerprint density at radius 3 is 1.51 bits per heavy atom. The average Bonchev–Trinajstić information content (AvgIpc) is 3.72. The van der Waals surface area contributed by atoms with E-state index in [4.69, 9.17) is 0 Å². The van der Waals surface area contributed by atoms with Gasteiger partial charge in [-0.25, -0.2) is 0 Å². The van der Waals surface area contributed by atoms with Crippen molar-refractivity contribution in [2.75, 3.05) is 14.6 Å². The molecule has 0 N–H and O–H groups in total. The molecular weight excluding hydrogens is 894 g/mol. The third kappa shape index (κ3) is 6.90. The molecule has 350 valence electrons. The van der Waals surface area contributed by atoms with Crippen LogP contribution >= 0.6 is 0 Å². The zero-order valence-electron chi connectivity index (χ0n) is 41.7. The molecule has 0 atom stereocenters. The third-order valence-corrected chi connectivity index (χ3v) is 15.9. The van der Waals surface area contributed by atoms with Crippen LogP contribution in [0, 0.1) is 6.92 Å². The Labute approximate surface area is 435 Å². The third-order valence-electron chi connectivity index (χ3n) is 15.9. The normalized spacial score (nSPS) is 13.4. The molecule has 14 rings (SSSR count). The number of rotatable bonds is 8. The minimum atomic E-state index is -0.265. The lowest BCUT2D eigenvalue weighted by Gasteiger charge is -2.47. The number of benzene rings is 11. The van der Waals surface area contributed by atoms with Crippen molar-refractivity contribution in [2.24, 2.45) is 0 Å². The maximum atomic E-state index is 2.66. The molecule has 0 unspecified atom stereocenters. The molecule has 4 heteroatoms. The van der Waals surface area contributed by atoms with Crippen LogP contribution in [0.5, 0.6) is 0 Å². The van der Waals surface area contributed by atoms with E-state index in [9.17, 15) is 0 Å². The molecule has 0 saturated carbocycles. The molecule has 2 aliphatic heterocycles. The molecule has 0 amide bonds. The van der Waals surface area contributed by atoms with Gasteiger partial charge in [-0.1, -0.05) is 202 Å². The first-order valence-electron chi connectivity index (χ1n) is 25.9. The van der Waals surface area contributed by atoms with Crippen molar-refractivity contribution in [3.05, 3.63) is 278 Å². The first-order chi connectivity index (χ1) is 36.4. The zero-order chi connectivity index (χ0) is 49.5. The smallest absolute Gasteiger partial charge is 0.333 e. The minimum Gasteiger partial charge on any atom is -0.376 e. The van der Waals surface area contributed by atoms with Gasteiger partial charge in [-0.15, -0.1) is 0 Å². The van der Waals surface area contributed by atoms with E-state index < -0.39 is 0 Å². The molecule has 11 aromatic carbocycles. The van der Waals surface area contributed by atoms with E-state index in [1.807, 2.05) is 0 Å². The first-order valence-corrected chi connectivity index (χ1v) is 25.9. The lowest BCUT2D eigenvalue weighted by atomic mass is 9.43. The highest BCUT2D eigenvalue weighted by Gasteiger charge is 2.49. The van der Waals surface area contributed by atoms with Gasteiger partial charge in [0.2, 0.25) is 0 Å². The highest BCUT2D eigenvalue weighted by Crippen LogP contribution is 2.58. The van der Waals surface area contributed by atoms with Gasteiger partial charge in [-0.2, -0.15) is 0 Å². The molecule has 3 aliphatic rings. The van der Waals surface area contributed by atoms with Crippen LogP contribution in [0.4, 0.5) is 45.5 Å². The van der Waals surface area contributed by atoms with Crippen LogP contribution in [0.15, 0.2) is 261 Å². The molecule has 0 fully saturated rings. The van der Waals surface area contributed by atoms with Crippen molar-refractivity contribution in [2.45, 2.75) is 26.2 Å². The Kier molecular flexibility index (Phi) is 10.2. The topological polar surface area (TPSA) is 9.72 Å². The molecule has 0 spiro atoms. The summed E-state index contributed by atoms with van der Waals surface area (Å²) in [5, 5.41) is 0. The molecule has 74 heavy (non-hydrogen) atoms. The van der Waals surface area contributed by atoms with Gasteiger partial charge in [0.25, 0.3) is 0 Å². The summed E-state index contributed by atoms with van der Waals surface area (Å²) >= 11 is 0. The lowest BCUT2D eigenvalue weighted by molar-refractivity contribution is 0.660. The van der Waals surface area contributed by atoms with Gasteiger partial charge in [0, 0.05) is 56.5 Å². The summed E-state index contributed by atoms with van der Waals surface area (Å²) in [4.78, 5) is 7.68. The number of anilines is 8. The highest BCUT2D eigenvalue weighted by molar-refractivity contribution is 6.93. The minimum absolute atomic E-state index is 0.201. The fourth-order valence-electron chi connectivity index (χ4n) is 12.4. The molecule has 3 nitrogen and oxygen atoms in total. The van der Waals surface area contributed by atoms with Crippen molar-refractivity contribution in [1.82, 2.24) is 0 Å². The van der Waals surface area contributed by atoms with E-state index in [1.165, 1.54) is 94.6 Å². The second-order valence-electron chi connectivity index (χ2n) is 20.5. The van der Waals surface area contributed by atoms with Crippen molar-refractivity contribution in [3.63, 3.8) is 0 Å². The van der Waals surface area contributed by atoms with Gasteiger partial charge >= 0.3 is 6.85 Å². The fraction of sp³-hybridized carbons (Fsp3) is 0.0571.